The van der Waals surface area contributed by atoms with Crippen LogP contribution in [0.25, 0.3) is 0 Å². The zero-order chi connectivity index (χ0) is 18.0. The lowest BCUT2D eigenvalue weighted by Gasteiger charge is -2.05. The number of hydrogen-bond donors (Lipinski definition) is 0. The molecule has 1 aliphatic rings. The number of carbonyl (C=O) groups is 1. The van der Waals surface area contributed by atoms with Gasteiger partial charge in [-0.2, -0.15) is 0 Å². The number of thioether (sulfide) groups is 1. The highest BCUT2D eigenvalue weighted by atomic mass is 32.2. The van der Waals surface area contributed by atoms with Crippen LogP contribution in [0.4, 0.5) is 0 Å². The van der Waals surface area contributed by atoms with E-state index < -0.39 is 15.8 Å². The first-order chi connectivity index (χ1) is 11.8. The summed E-state index contributed by atoms with van der Waals surface area (Å²) in [5.41, 5.74) is 1.73. The molecule has 0 saturated carbocycles. The maximum Gasteiger partial charge on any atom is 0.331 e. The number of fused-ring (bicyclic) bond motifs is 1. The molecule has 0 bridgehead atoms. The molecule has 25 heavy (non-hydrogen) atoms. The third-order valence-electron chi connectivity index (χ3n) is 3.40. The van der Waals surface area contributed by atoms with Gasteiger partial charge in [0.25, 0.3) is 0 Å². The van der Waals surface area contributed by atoms with E-state index in [1.54, 1.807) is 47.8 Å². The molecular weight excluding hydrogens is 378 g/mol. The zero-order valence-electron chi connectivity index (χ0n) is 13.6. The van der Waals surface area contributed by atoms with Gasteiger partial charge in [-0.05, 0) is 36.4 Å². The summed E-state index contributed by atoms with van der Waals surface area (Å²) in [7, 11) is -3.18. The van der Waals surface area contributed by atoms with Gasteiger partial charge in [0.1, 0.15) is 0 Å². The number of rotatable bonds is 4. The molecule has 2 aromatic carbocycles. The van der Waals surface area contributed by atoms with Crippen LogP contribution >= 0.6 is 23.5 Å². The highest BCUT2D eigenvalue weighted by Gasteiger charge is 2.20. The van der Waals surface area contributed by atoms with Crippen molar-refractivity contribution in [1.29, 1.82) is 0 Å². The Balaban J connectivity index is 1.77. The summed E-state index contributed by atoms with van der Waals surface area (Å²) >= 11 is 3.20. The number of carbonyl (C=O) groups excluding carboxylic acids is 1. The minimum atomic E-state index is -3.18. The molecule has 0 aliphatic carbocycles. The fourth-order valence-electron chi connectivity index (χ4n) is 2.23. The lowest BCUT2D eigenvalue weighted by Crippen LogP contribution is -2.02. The van der Waals surface area contributed by atoms with Crippen molar-refractivity contribution < 1.29 is 18.0 Å². The largest absolute Gasteiger partial charge is 0.331 e. The van der Waals surface area contributed by atoms with E-state index in [2.05, 4.69) is 11.2 Å². The molecule has 1 aliphatic heterocycles. The third-order valence-corrected chi connectivity index (χ3v) is 6.59. The maximum atomic E-state index is 11.5. The molecule has 5 nitrogen and oxygen atoms in total. The Morgan fingerprint density at radius 2 is 1.84 bits per heavy atom. The van der Waals surface area contributed by atoms with Crippen molar-refractivity contribution in [2.45, 2.75) is 26.5 Å². The molecule has 8 heteroatoms. The van der Waals surface area contributed by atoms with E-state index in [1.807, 2.05) is 12.1 Å². The lowest BCUT2D eigenvalue weighted by atomic mass is 10.1. The van der Waals surface area contributed by atoms with Crippen LogP contribution in [0, 0.1) is 0 Å². The van der Waals surface area contributed by atoms with Crippen LogP contribution in [0.3, 0.4) is 0 Å². The SMILES string of the molecule is CC(=O)O/N=C1\CSc2cc(Sc3ccc(S(C)(=O)=O)cc3)ccc21. The number of oxime groups is 1. The lowest BCUT2D eigenvalue weighted by molar-refractivity contribution is -0.140. The van der Waals surface area contributed by atoms with Crippen LogP contribution < -0.4 is 0 Å². The molecule has 130 valence electrons. The summed E-state index contributed by atoms with van der Waals surface area (Å²) < 4.78 is 23.0. The second kappa shape index (κ2) is 7.23. The summed E-state index contributed by atoms with van der Waals surface area (Å²) in [6.45, 7) is 1.32. The molecule has 0 unspecified atom stereocenters. The monoisotopic (exact) mass is 393 g/mol. The molecule has 0 saturated heterocycles. The smallest absolute Gasteiger partial charge is 0.318 e. The summed E-state index contributed by atoms with van der Waals surface area (Å²) in [6, 6.07) is 12.8. The number of hydrogen-bond acceptors (Lipinski definition) is 7. The topological polar surface area (TPSA) is 72.8 Å². The molecule has 0 amide bonds. The average Bonchev–Trinajstić information content (AvgIpc) is 2.95. The predicted molar refractivity (Wildman–Crippen MR) is 99.1 cm³/mol. The van der Waals surface area contributed by atoms with Crippen LogP contribution in [-0.4, -0.2) is 32.1 Å². The van der Waals surface area contributed by atoms with Crippen molar-refractivity contribution in [1.82, 2.24) is 0 Å². The molecule has 0 fully saturated rings. The first kappa shape index (κ1) is 18.0. The van der Waals surface area contributed by atoms with E-state index in [4.69, 9.17) is 4.84 Å². The minimum Gasteiger partial charge on any atom is -0.318 e. The Morgan fingerprint density at radius 3 is 2.48 bits per heavy atom. The number of sulfone groups is 1. The first-order valence-corrected chi connectivity index (χ1v) is 11.0. The Labute approximate surface area is 154 Å². The van der Waals surface area contributed by atoms with Crippen LogP contribution in [0.15, 0.2) is 67.2 Å². The molecule has 0 spiro atoms. The van der Waals surface area contributed by atoms with Crippen LogP contribution in [0.5, 0.6) is 0 Å². The van der Waals surface area contributed by atoms with Gasteiger partial charge in [0, 0.05) is 39.2 Å². The van der Waals surface area contributed by atoms with Gasteiger partial charge in [-0.25, -0.2) is 13.2 Å². The molecule has 1 heterocycles. The fraction of sp³-hybridized carbons (Fsp3) is 0.176. The van der Waals surface area contributed by atoms with Gasteiger partial charge in [0.15, 0.2) is 9.84 Å². The van der Waals surface area contributed by atoms with Crippen molar-refractivity contribution in [3.05, 3.63) is 48.0 Å². The standard InChI is InChI=1S/C17H15NO4S3/c1-11(19)22-18-16-10-23-17-9-13(5-8-15(16)17)24-12-3-6-14(7-4-12)25(2,20)21/h3-9H,10H2,1-2H3/b18-16+. The van der Waals surface area contributed by atoms with E-state index in [0.29, 0.717) is 10.6 Å². The summed E-state index contributed by atoms with van der Waals surface area (Å²) in [6.07, 6.45) is 1.20. The zero-order valence-corrected chi connectivity index (χ0v) is 16.0. The highest BCUT2D eigenvalue weighted by Crippen LogP contribution is 2.37. The van der Waals surface area contributed by atoms with Crippen molar-refractivity contribution >= 4 is 45.0 Å². The third kappa shape index (κ3) is 4.45. The van der Waals surface area contributed by atoms with Crippen molar-refractivity contribution in [2.24, 2.45) is 5.16 Å². The molecule has 0 N–H and O–H groups in total. The number of benzene rings is 2. The predicted octanol–water partition coefficient (Wildman–Crippen LogP) is 3.61. The summed E-state index contributed by atoms with van der Waals surface area (Å²) in [4.78, 5) is 19.0. The van der Waals surface area contributed by atoms with Crippen molar-refractivity contribution in [3.8, 4) is 0 Å². The normalized spacial score (nSPS) is 15.2. The Hall–Kier alpha value is -1.77. The quantitative estimate of drug-likeness (QED) is 0.584. The molecule has 0 aromatic heterocycles. The van der Waals surface area contributed by atoms with Crippen molar-refractivity contribution in [2.75, 3.05) is 12.0 Å². The van der Waals surface area contributed by atoms with Crippen LogP contribution in [-0.2, 0) is 19.5 Å². The van der Waals surface area contributed by atoms with Gasteiger partial charge in [-0.3, -0.25) is 0 Å². The first-order valence-electron chi connectivity index (χ1n) is 7.32. The number of nitrogens with zero attached hydrogens (tertiary/aromatic N) is 1. The van der Waals surface area contributed by atoms with Gasteiger partial charge in [-0.15, -0.1) is 11.8 Å². The maximum absolute atomic E-state index is 11.5. The summed E-state index contributed by atoms with van der Waals surface area (Å²) in [5.74, 6) is 0.232. The second-order valence-electron chi connectivity index (χ2n) is 5.41. The Kier molecular flexibility index (Phi) is 5.21. The highest BCUT2D eigenvalue weighted by molar-refractivity contribution is 8.01. The fourth-order valence-corrected chi connectivity index (χ4v) is 4.85. The van der Waals surface area contributed by atoms with E-state index in [1.165, 1.54) is 13.2 Å². The van der Waals surface area contributed by atoms with E-state index in [0.717, 1.165) is 26.0 Å². The Bertz CT molecular complexity index is 950. The molecule has 2 aromatic rings. The van der Waals surface area contributed by atoms with Gasteiger partial charge in [0.2, 0.25) is 0 Å². The van der Waals surface area contributed by atoms with E-state index in [-0.39, 0.29) is 0 Å². The summed E-state index contributed by atoms with van der Waals surface area (Å²) in [5, 5.41) is 3.89. The van der Waals surface area contributed by atoms with Gasteiger partial charge in [0.05, 0.1) is 10.6 Å². The molecule has 3 rings (SSSR count). The minimum absolute atomic E-state index is 0.313. The van der Waals surface area contributed by atoms with Gasteiger partial charge >= 0.3 is 5.97 Å². The second-order valence-corrected chi connectivity index (χ2v) is 9.59. The molecule has 0 atom stereocenters. The van der Waals surface area contributed by atoms with E-state index in [9.17, 15) is 13.2 Å². The molecule has 0 radical (unpaired) electrons. The van der Waals surface area contributed by atoms with E-state index >= 15 is 0 Å². The molecular formula is C17H15NO4S3. The van der Waals surface area contributed by atoms with Crippen molar-refractivity contribution in [3.63, 3.8) is 0 Å². The average molecular weight is 394 g/mol. The Morgan fingerprint density at radius 1 is 1.16 bits per heavy atom. The van der Waals surface area contributed by atoms with Gasteiger partial charge < -0.3 is 4.84 Å². The van der Waals surface area contributed by atoms with Crippen LogP contribution in [0.2, 0.25) is 0 Å². The van der Waals surface area contributed by atoms with Gasteiger partial charge in [-0.1, -0.05) is 23.0 Å². The van der Waals surface area contributed by atoms with Crippen LogP contribution in [0.1, 0.15) is 12.5 Å².